The third-order valence-electron chi connectivity index (χ3n) is 3.05. The maximum Gasteiger partial charge on any atom is 0.328 e. The van der Waals surface area contributed by atoms with Crippen LogP contribution < -0.4 is 4.90 Å². The van der Waals surface area contributed by atoms with E-state index in [0.29, 0.717) is 19.6 Å². The van der Waals surface area contributed by atoms with Crippen LogP contribution in [0.15, 0.2) is 30.3 Å². The summed E-state index contributed by atoms with van der Waals surface area (Å²) < 4.78 is 5.18. The number of carbonyl (C=O) groups is 1. The maximum absolute atomic E-state index is 12.2. The molecule has 0 saturated heterocycles. The Kier molecular flexibility index (Phi) is 7.20. The van der Waals surface area contributed by atoms with Gasteiger partial charge in [-0.05, 0) is 25.5 Å². The number of carbonyl (C=O) groups excluding carboxylic acids is 1. The first-order valence-corrected chi connectivity index (χ1v) is 7.09. The van der Waals surface area contributed by atoms with Gasteiger partial charge < -0.3 is 9.64 Å². The zero-order valence-electron chi connectivity index (χ0n) is 12.2. The van der Waals surface area contributed by atoms with Gasteiger partial charge in [0.15, 0.2) is 0 Å². The van der Waals surface area contributed by atoms with E-state index < -0.39 is 0 Å². The van der Waals surface area contributed by atoms with Gasteiger partial charge in [-0.1, -0.05) is 31.5 Å². The smallest absolute Gasteiger partial charge is 0.328 e. The van der Waals surface area contributed by atoms with Crippen LogP contribution in [0.5, 0.6) is 0 Å². The van der Waals surface area contributed by atoms with Crippen molar-refractivity contribution in [1.82, 2.24) is 0 Å². The predicted octanol–water partition coefficient (Wildman–Crippen LogP) is 3.14. The monoisotopic (exact) mass is 274 g/mol. The van der Waals surface area contributed by atoms with Crippen molar-refractivity contribution in [3.8, 4) is 6.07 Å². The summed E-state index contributed by atoms with van der Waals surface area (Å²) in [4.78, 5) is 14.1. The van der Waals surface area contributed by atoms with Crippen molar-refractivity contribution in [3.05, 3.63) is 30.3 Å². The molecule has 1 aromatic carbocycles. The molecule has 0 amide bonds. The van der Waals surface area contributed by atoms with Crippen LogP contribution in [0, 0.1) is 11.3 Å². The molecule has 0 radical (unpaired) electrons. The summed E-state index contributed by atoms with van der Waals surface area (Å²) in [5, 5.41) is 8.82. The van der Waals surface area contributed by atoms with E-state index in [1.54, 1.807) is 0 Å². The predicted molar refractivity (Wildman–Crippen MR) is 79.3 cm³/mol. The standard InChI is InChI=1S/C16H22N2O2/c1-3-9-15(16(19)20-4-2)18(13-8-12-17)14-10-6-5-7-11-14/h5-7,10-11,15H,3-4,8-9,13H2,1-2H3. The van der Waals surface area contributed by atoms with Crippen LogP contribution >= 0.6 is 0 Å². The van der Waals surface area contributed by atoms with Crippen LogP contribution in [0.2, 0.25) is 0 Å². The van der Waals surface area contributed by atoms with Gasteiger partial charge in [0.2, 0.25) is 0 Å². The Bertz CT molecular complexity index is 440. The number of rotatable bonds is 8. The molecule has 0 N–H and O–H groups in total. The molecule has 0 aliphatic rings. The zero-order valence-corrected chi connectivity index (χ0v) is 12.2. The highest BCUT2D eigenvalue weighted by atomic mass is 16.5. The van der Waals surface area contributed by atoms with Crippen molar-refractivity contribution in [2.45, 2.75) is 39.2 Å². The molecule has 1 rings (SSSR count). The first-order valence-electron chi connectivity index (χ1n) is 7.09. The largest absolute Gasteiger partial charge is 0.464 e. The van der Waals surface area contributed by atoms with Gasteiger partial charge in [0, 0.05) is 12.2 Å². The average Bonchev–Trinajstić information content (AvgIpc) is 2.48. The fraction of sp³-hybridized carbons (Fsp3) is 0.500. The summed E-state index contributed by atoms with van der Waals surface area (Å²) >= 11 is 0. The molecule has 1 aromatic rings. The van der Waals surface area contributed by atoms with Crippen LogP contribution in [0.1, 0.15) is 33.1 Å². The zero-order chi connectivity index (χ0) is 14.8. The summed E-state index contributed by atoms with van der Waals surface area (Å²) in [6.45, 7) is 4.76. The Morgan fingerprint density at radius 3 is 2.60 bits per heavy atom. The lowest BCUT2D eigenvalue weighted by Crippen LogP contribution is -2.43. The van der Waals surface area contributed by atoms with Crippen LogP contribution in [0.3, 0.4) is 0 Å². The fourth-order valence-corrected chi connectivity index (χ4v) is 2.17. The number of esters is 1. The Morgan fingerprint density at radius 2 is 2.05 bits per heavy atom. The molecular weight excluding hydrogens is 252 g/mol. The van der Waals surface area contributed by atoms with Gasteiger partial charge in [-0.25, -0.2) is 4.79 Å². The van der Waals surface area contributed by atoms with Gasteiger partial charge in [0.05, 0.1) is 19.1 Å². The number of hydrogen-bond acceptors (Lipinski definition) is 4. The summed E-state index contributed by atoms with van der Waals surface area (Å²) in [6, 6.07) is 11.5. The molecule has 0 saturated carbocycles. The number of para-hydroxylation sites is 1. The summed E-state index contributed by atoms with van der Waals surface area (Å²) in [7, 11) is 0. The second kappa shape index (κ2) is 8.98. The number of hydrogen-bond donors (Lipinski definition) is 0. The highest BCUT2D eigenvalue weighted by molar-refractivity contribution is 5.80. The molecule has 0 bridgehead atoms. The minimum atomic E-state index is -0.323. The third kappa shape index (κ3) is 4.58. The number of ether oxygens (including phenoxy) is 1. The molecule has 0 aromatic heterocycles. The van der Waals surface area contributed by atoms with E-state index in [4.69, 9.17) is 10.00 Å². The average molecular weight is 274 g/mol. The van der Waals surface area contributed by atoms with Crippen molar-refractivity contribution < 1.29 is 9.53 Å². The Hall–Kier alpha value is -2.02. The summed E-state index contributed by atoms with van der Waals surface area (Å²) in [5.74, 6) is -0.212. The third-order valence-corrected chi connectivity index (χ3v) is 3.05. The molecule has 1 atom stereocenters. The van der Waals surface area contributed by atoms with Crippen molar-refractivity contribution >= 4 is 11.7 Å². The topological polar surface area (TPSA) is 53.3 Å². The number of anilines is 1. The van der Waals surface area contributed by atoms with Crippen LogP contribution in [-0.2, 0) is 9.53 Å². The van der Waals surface area contributed by atoms with Gasteiger partial charge in [0.25, 0.3) is 0 Å². The van der Waals surface area contributed by atoms with E-state index in [0.717, 1.165) is 18.5 Å². The number of nitriles is 1. The molecular formula is C16H22N2O2. The molecule has 0 fully saturated rings. The van der Waals surface area contributed by atoms with E-state index in [1.165, 1.54) is 0 Å². The van der Waals surface area contributed by atoms with Gasteiger partial charge in [-0.15, -0.1) is 0 Å². The molecule has 108 valence electrons. The van der Waals surface area contributed by atoms with Crippen molar-refractivity contribution in [2.75, 3.05) is 18.1 Å². The van der Waals surface area contributed by atoms with Crippen molar-refractivity contribution in [1.29, 1.82) is 5.26 Å². The van der Waals surface area contributed by atoms with E-state index >= 15 is 0 Å². The minimum absolute atomic E-state index is 0.212. The maximum atomic E-state index is 12.2. The van der Waals surface area contributed by atoms with Crippen molar-refractivity contribution in [2.24, 2.45) is 0 Å². The van der Waals surface area contributed by atoms with E-state index in [-0.39, 0.29) is 12.0 Å². The Balaban J connectivity index is 2.98. The summed E-state index contributed by atoms with van der Waals surface area (Å²) in [5.41, 5.74) is 0.953. The normalized spacial score (nSPS) is 11.4. The van der Waals surface area contributed by atoms with Crippen LogP contribution in [0.25, 0.3) is 0 Å². The number of benzene rings is 1. The molecule has 1 unspecified atom stereocenters. The van der Waals surface area contributed by atoms with Gasteiger partial charge in [0.1, 0.15) is 6.04 Å². The lowest BCUT2D eigenvalue weighted by Gasteiger charge is -2.31. The highest BCUT2D eigenvalue weighted by Crippen LogP contribution is 2.20. The molecule has 0 aliphatic heterocycles. The molecule has 4 nitrogen and oxygen atoms in total. The second-order valence-electron chi connectivity index (χ2n) is 4.49. The van der Waals surface area contributed by atoms with E-state index in [2.05, 4.69) is 6.07 Å². The second-order valence-corrected chi connectivity index (χ2v) is 4.49. The minimum Gasteiger partial charge on any atom is -0.464 e. The molecule has 0 heterocycles. The molecule has 0 spiro atoms. The van der Waals surface area contributed by atoms with Crippen LogP contribution in [-0.4, -0.2) is 25.2 Å². The molecule has 20 heavy (non-hydrogen) atoms. The van der Waals surface area contributed by atoms with Gasteiger partial charge in [-0.3, -0.25) is 0 Å². The number of nitrogens with zero attached hydrogens (tertiary/aromatic N) is 2. The van der Waals surface area contributed by atoms with Gasteiger partial charge in [-0.2, -0.15) is 5.26 Å². The quantitative estimate of drug-likeness (QED) is 0.683. The first kappa shape index (κ1) is 16.0. The molecule has 4 heteroatoms. The fourth-order valence-electron chi connectivity index (χ4n) is 2.17. The first-order chi connectivity index (χ1) is 9.74. The van der Waals surface area contributed by atoms with Crippen LogP contribution in [0.4, 0.5) is 5.69 Å². The SMILES string of the molecule is CCCC(C(=O)OCC)N(CCC#N)c1ccccc1. The lowest BCUT2D eigenvalue weighted by molar-refractivity contribution is -0.144. The van der Waals surface area contributed by atoms with Gasteiger partial charge >= 0.3 is 5.97 Å². The summed E-state index contributed by atoms with van der Waals surface area (Å²) in [6.07, 6.45) is 1.99. The van der Waals surface area contributed by atoms with E-state index in [9.17, 15) is 4.79 Å². The highest BCUT2D eigenvalue weighted by Gasteiger charge is 2.26. The Labute approximate surface area is 121 Å². The molecule has 0 aliphatic carbocycles. The van der Waals surface area contributed by atoms with E-state index in [1.807, 2.05) is 49.1 Å². The lowest BCUT2D eigenvalue weighted by atomic mass is 10.1. The van der Waals surface area contributed by atoms with Crippen molar-refractivity contribution in [3.63, 3.8) is 0 Å². The Morgan fingerprint density at radius 1 is 1.35 bits per heavy atom.